The molecule has 0 unspecified atom stereocenters. The Balaban J connectivity index is 2.84. The van der Waals surface area contributed by atoms with Crippen LogP contribution in [0.3, 0.4) is 0 Å². The lowest BCUT2D eigenvalue weighted by atomic mass is 10.0. The number of aliphatic hydroxyl groups is 3. The Morgan fingerprint density at radius 3 is 2.18 bits per heavy atom. The van der Waals surface area contributed by atoms with Gasteiger partial charge in [0.15, 0.2) is 5.69 Å². The molecule has 0 fully saturated rings. The Hall–Kier alpha value is -1.77. The summed E-state index contributed by atoms with van der Waals surface area (Å²) < 4.78 is 0. The molecular formula is C9H14N4O4. The summed E-state index contributed by atoms with van der Waals surface area (Å²) in [6.07, 6.45) is 0. The zero-order chi connectivity index (χ0) is 12.9. The van der Waals surface area contributed by atoms with Crippen LogP contribution >= 0.6 is 0 Å². The number of rotatable bonds is 6. The Morgan fingerprint density at radius 1 is 1.24 bits per heavy atom. The molecule has 0 atom stereocenters. The monoisotopic (exact) mass is 242 g/mol. The van der Waals surface area contributed by atoms with Gasteiger partial charge >= 0.3 is 0 Å². The van der Waals surface area contributed by atoms with Crippen LogP contribution in [0.5, 0.6) is 0 Å². The molecule has 0 radical (unpaired) electrons. The van der Waals surface area contributed by atoms with Gasteiger partial charge in [0.1, 0.15) is 11.4 Å². The Bertz CT molecular complexity index is 369. The number of nitrogens with one attached hydrogen (secondary N) is 1. The van der Waals surface area contributed by atoms with Crippen molar-refractivity contribution in [1.29, 1.82) is 0 Å². The van der Waals surface area contributed by atoms with Crippen molar-refractivity contribution in [2.45, 2.75) is 5.54 Å². The first-order valence-corrected chi connectivity index (χ1v) is 4.81. The van der Waals surface area contributed by atoms with Crippen LogP contribution in [0.2, 0.25) is 0 Å². The minimum Gasteiger partial charge on any atom is -0.394 e. The number of amides is 1. The normalized spacial score (nSPS) is 11.2. The molecule has 1 aromatic rings. The number of nitrogens with two attached hydrogens (primary N) is 1. The lowest BCUT2D eigenvalue weighted by Gasteiger charge is -2.28. The van der Waals surface area contributed by atoms with Crippen molar-refractivity contribution in [3.8, 4) is 0 Å². The molecule has 0 aliphatic carbocycles. The van der Waals surface area contributed by atoms with Gasteiger partial charge in [-0.3, -0.25) is 4.79 Å². The van der Waals surface area contributed by atoms with Gasteiger partial charge in [0.05, 0.1) is 19.8 Å². The molecule has 1 amide bonds. The summed E-state index contributed by atoms with van der Waals surface area (Å²) in [7, 11) is 0. The molecule has 6 N–H and O–H groups in total. The predicted octanol–water partition coefficient (Wildman–Crippen LogP) is -2.30. The first kappa shape index (κ1) is 13.3. The van der Waals surface area contributed by atoms with E-state index < -0.39 is 31.3 Å². The number of hydrogen-bond donors (Lipinski definition) is 5. The fourth-order valence-corrected chi connectivity index (χ4v) is 1.07. The summed E-state index contributed by atoms with van der Waals surface area (Å²) >= 11 is 0. The average molecular weight is 242 g/mol. The highest BCUT2D eigenvalue weighted by molar-refractivity contribution is 5.90. The van der Waals surface area contributed by atoms with Crippen molar-refractivity contribution < 1.29 is 20.1 Å². The molecule has 0 saturated carbocycles. The van der Waals surface area contributed by atoms with E-state index in [1.165, 1.54) is 12.1 Å². The molecule has 0 aliphatic heterocycles. The summed E-state index contributed by atoms with van der Waals surface area (Å²) in [5.74, 6) is -0.506. The van der Waals surface area contributed by atoms with Crippen LogP contribution in [0.1, 0.15) is 10.5 Å². The van der Waals surface area contributed by atoms with Crippen molar-refractivity contribution in [2.24, 2.45) is 5.73 Å². The van der Waals surface area contributed by atoms with E-state index in [-0.39, 0.29) is 11.5 Å². The molecule has 8 nitrogen and oxygen atoms in total. The molecule has 0 aromatic carbocycles. The Labute approximate surface area is 97.1 Å². The Kier molecular flexibility index (Phi) is 4.32. The summed E-state index contributed by atoms with van der Waals surface area (Å²) in [5, 5.41) is 37.0. The van der Waals surface area contributed by atoms with Gasteiger partial charge in [-0.1, -0.05) is 0 Å². The van der Waals surface area contributed by atoms with E-state index in [9.17, 15) is 4.79 Å². The summed E-state index contributed by atoms with van der Waals surface area (Å²) in [6.45, 7) is -1.46. The van der Waals surface area contributed by atoms with Crippen LogP contribution in [0.15, 0.2) is 12.1 Å². The molecule has 0 saturated heterocycles. The molecule has 1 aromatic heterocycles. The maximum absolute atomic E-state index is 10.7. The molecule has 94 valence electrons. The van der Waals surface area contributed by atoms with E-state index in [1.54, 1.807) is 0 Å². The van der Waals surface area contributed by atoms with Crippen molar-refractivity contribution in [2.75, 3.05) is 25.1 Å². The first-order chi connectivity index (χ1) is 8.06. The largest absolute Gasteiger partial charge is 0.394 e. The zero-order valence-corrected chi connectivity index (χ0v) is 9.00. The van der Waals surface area contributed by atoms with Crippen LogP contribution < -0.4 is 11.1 Å². The molecule has 1 heterocycles. The van der Waals surface area contributed by atoms with E-state index >= 15 is 0 Å². The van der Waals surface area contributed by atoms with Gasteiger partial charge in [-0.2, -0.15) is 0 Å². The third-order valence-electron chi connectivity index (χ3n) is 2.22. The number of anilines is 1. The summed E-state index contributed by atoms with van der Waals surface area (Å²) in [5.41, 5.74) is 3.70. The lowest BCUT2D eigenvalue weighted by molar-refractivity contribution is 0.0830. The van der Waals surface area contributed by atoms with Crippen molar-refractivity contribution in [1.82, 2.24) is 10.2 Å². The second-order valence-corrected chi connectivity index (χ2v) is 3.55. The molecule has 0 spiro atoms. The van der Waals surface area contributed by atoms with Gasteiger partial charge in [-0.05, 0) is 12.1 Å². The average Bonchev–Trinajstić information content (AvgIpc) is 2.37. The van der Waals surface area contributed by atoms with Crippen molar-refractivity contribution in [3.63, 3.8) is 0 Å². The maximum atomic E-state index is 10.7. The quantitative estimate of drug-likeness (QED) is 0.377. The number of carbonyl (C=O) groups is 1. The lowest BCUT2D eigenvalue weighted by Crippen LogP contribution is -2.49. The molecule has 17 heavy (non-hydrogen) atoms. The van der Waals surface area contributed by atoms with E-state index in [0.29, 0.717) is 0 Å². The topological polar surface area (TPSA) is 142 Å². The van der Waals surface area contributed by atoms with Crippen LogP contribution in [0.4, 0.5) is 5.82 Å². The SMILES string of the molecule is NC(=O)c1ccc(NC(CO)(CO)CO)nn1. The second-order valence-electron chi connectivity index (χ2n) is 3.55. The van der Waals surface area contributed by atoms with Crippen molar-refractivity contribution in [3.05, 3.63) is 17.8 Å². The van der Waals surface area contributed by atoms with Crippen LogP contribution in [0.25, 0.3) is 0 Å². The van der Waals surface area contributed by atoms with Crippen LogP contribution in [-0.2, 0) is 0 Å². The van der Waals surface area contributed by atoms with Gasteiger partial charge in [0.25, 0.3) is 5.91 Å². The number of aliphatic hydroxyl groups excluding tert-OH is 3. The minimum atomic E-state index is -1.29. The highest BCUT2D eigenvalue weighted by Gasteiger charge is 2.28. The molecule has 1 rings (SSSR count). The number of aromatic nitrogens is 2. The summed E-state index contributed by atoms with van der Waals surface area (Å²) in [4.78, 5) is 10.7. The molecular weight excluding hydrogens is 228 g/mol. The zero-order valence-electron chi connectivity index (χ0n) is 9.00. The standard InChI is InChI=1S/C9H14N4O4/c10-8(17)6-1-2-7(13-12-6)11-9(3-14,4-15)5-16/h1-2,14-16H,3-5H2,(H2,10,17)(H,11,13). The smallest absolute Gasteiger partial charge is 0.269 e. The third kappa shape index (κ3) is 3.09. The van der Waals surface area contributed by atoms with Gasteiger partial charge in [0.2, 0.25) is 0 Å². The first-order valence-electron chi connectivity index (χ1n) is 4.81. The van der Waals surface area contributed by atoms with Crippen molar-refractivity contribution >= 4 is 11.7 Å². The maximum Gasteiger partial charge on any atom is 0.269 e. The predicted molar refractivity (Wildman–Crippen MR) is 58.2 cm³/mol. The van der Waals surface area contributed by atoms with Crippen LogP contribution in [-0.4, -0.2) is 56.8 Å². The van der Waals surface area contributed by atoms with Gasteiger partial charge in [-0.25, -0.2) is 0 Å². The van der Waals surface area contributed by atoms with Gasteiger partial charge in [0, 0.05) is 0 Å². The fraction of sp³-hybridized carbons (Fsp3) is 0.444. The number of primary amides is 1. The Morgan fingerprint density at radius 2 is 1.82 bits per heavy atom. The molecule has 0 bridgehead atoms. The minimum absolute atomic E-state index is 0.00172. The van der Waals surface area contributed by atoms with E-state index in [0.717, 1.165) is 0 Å². The van der Waals surface area contributed by atoms with E-state index in [4.69, 9.17) is 21.1 Å². The molecule has 8 heteroatoms. The number of hydrogen-bond acceptors (Lipinski definition) is 7. The second kappa shape index (κ2) is 5.53. The fourth-order valence-electron chi connectivity index (χ4n) is 1.07. The van der Waals surface area contributed by atoms with E-state index in [2.05, 4.69) is 15.5 Å². The van der Waals surface area contributed by atoms with E-state index in [1.807, 2.05) is 0 Å². The number of nitrogens with zero attached hydrogens (tertiary/aromatic N) is 2. The number of carbonyl (C=O) groups excluding carboxylic acids is 1. The highest BCUT2D eigenvalue weighted by atomic mass is 16.3. The summed E-state index contributed by atoms with van der Waals surface area (Å²) in [6, 6.07) is 2.75. The van der Waals surface area contributed by atoms with Gasteiger partial charge < -0.3 is 26.4 Å². The van der Waals surface area contributed by atoms with Gasteiger partial charge in [-0.15, -0.1) is 10.2 Å². The highest BCUT2D eigenvalue weighted by Crippen LogP contribution is 2.11. The molecule has 0 aliphatic rings. The van der Waals surface area contributed by atoms with Crippen LogP contribution in [0, 0.1) is 0 Å². The third-order valence-corrected chi connectivity index (χ3v) is 2.22.